The van der Waals surface area contributed by atoms with Crippen molar-refractivity contribution in [3.63, 3.8) is 0 Å². The van der Waals surface area contributed by atoms with Crippen LogP contribution >= 0.6 is 11.6 Å². The maximum atomic E-state index is 9.72. The molecule has 0 radical (unpaired) electrons. The van der Waals surface area contributed by atoms with Crippen molar-refractivity contribution in [2.75, 3.05) is 48.9 Å². The average molecular weight is 338 g/mol. The Morgan fingerprint density at radius 3 is 2.87 bits per heavy atom. The zero-order chi connectivity index (χ0) is 16.1. The lowest BCUT2D eigenvalue weighted by atomic mass is 10.1. The monoisotopic (exact) mass is 337 g/mol. The Balaban J connectivity index is 1.87. The number of alkyl halides is 1. The van der Waals surface area contributed by atoms with Crippen molar-refractivity contribution in [3.05, 3.63) is 30.8 Å². The second-order valence-electron chi connectivity index (χ2n) is 5.39. The molecule has 2 N–H and O–H groups in total. The smallest absolute Gasteiger partial charge is 0.181 e. The Kier molecular flexibility index (Phi) is 5.38. The number of aliphatic hydroxyl groups excluding tert-OH is 1. The third kappa shape index (κ3) is 3.96. The molecule has 2 aromatic rings. The first-order valence-corrected chi connectivity index (χ1v) is 8.15. The molecule has 1 aliphatic heterocycles. The van der Waals surface area contributed by atoms with Gasteiger partial charge in [-0.05, 0) is 18.2 Å². The number of hydrogen-bond acceptors (Lipinski definition) is 6. The van der Waals surface area contributed by atoms with E-state index in [0.717, 1.165) is 30.0 Å². The van der Waals surface area contributed by atoms with E-state index in [9.17, 15) is 5.11 Å². The Hall–Kier alpha value is -1.76. The van der Waals surface area contributed by atoms with Crippen LogP contribution in [0, 0.1) is 0 Å². The van der Waals surface area contributed by atoms with Crippen LogP contribution in [0.5, 0.6) is 0 Å². The van der Waals surface area contributed by atoms with E-state index in [2.05, 4.69) is 21.3 Å². The molecule has 1 unspecified atom stereocenters. The van der Waals surface area contributed by atoms with Crippen molar-refractivity contribution in [1.82, 2.24) is 4.98 Å². The van der Waals surface area contributed by atoms with Gasteiger partial charge in [-0.25, -0.2) is 4.98 Å². The molecule has 1 aromatic carbocycles. The molecule has 1 fully saturated rings. The van der Waals surface area contributed by atoms with Crippen LogP contribution in [0.3, 0.4) is 0 Å². The lowest BCUT2D eigenvalue weighted by Crippen LogP contribution is -2.36. The second-order valence-corrected chi connectivity index (χ2v) is 5.69. The molecule has 124 valence electrons. The van der Waals surface area contributed by atoms with Crippen LogP contribution in [0.4, 0.5) is 11.4 Å². The molecule has 23 heavy (non-hydrogen) atoms. The summed E-state index contributed by atoms with van der Waals surface area (Å²) in [6, 6.07) is 6.07. The van der Waals surface area contributed by atoms with Gasteiger partial charge in [0, 0.05) is 25.2 Å². The fourth-order valence-electron chi connectivity index (χ4n) is 2.55. The van der Waals surface area contributed by atoms with E-state index < -0.39 is 6.10 Å². The number of oxazole rings is 1. The molecule has 1 saturated heterocycles. The summed E-state index contributed by atoms with van der Waals surface area (Å²) >= 11 is 5.68. The van der Waals surface area contributed by atoms with Gasteiger partial charge in [-0.1, -0.05) is 0 Å². The molecular formula is C16H20ClN3O3. The average Bonchev–Trinajstić information content (AvgIpc) is 3.15. The first kappa shape index (κ1) is 16.1. The van der Waals surface area contributed by atoms with Gasteiger partial charge in [-0.15, -0.1) is 11.6 Å². The highest BCUT2D eigenvalue weighted by Crippen LogP contribution is 2.32. The maximum absolute atomic E-state index is 9.72. The molecule has 6 nitrogen and oxygen atoms in total. The van der Waals surface area contributed by atoms with Crippen LogP contribution in [-0.4, -0.2) is 54.9 Å². The van der Waals surface area contributed by atoms with Crippen molar-refractivity contribution >= 4 is 23.0 Å². The van der Waals surface area contributed by atoms with Crippen LogP contribution in [0.1, 0.15) is 0 Å². The van der Waals surface area contributed by atoms with Gasteiger partial charge in [-0.2, -0.15) is 0 Å². The van der Waals surface area contributed by atoms with Crippen molar-refractivity contribution in [1.29, 1.82) is 0 Å². The summed E-state index contributed by atoms with van der Waals surface area (Å²) in [6.07, 6.45) is 2.50. The second kappa shape index (κ2) is 7.68. The van der Waals surface area contributed by atoms with Crippen LogP contribution < -0.4 is 10.2 Å². The Labute approximate surface area is 140 Å². The van der Waals surface area contributed by atoms with Gasteiger partial charge in [0.1, 0.15) is 0 Å². The molecule has 1 atom stereocenters. The SMILES string of the molecule is OC(CCl)CNc1cc(-c2cnco2)ccc1N1CCOCC1. The van der Waals surface area contributed by atoms with Crippen LogP contribution in [0.25, 0.3) is 11.3 Å². The number of nitrogens with one attached hydrogen (secondary N) is 1. The van der Waals surface area contributed by atoms with E-state index in [0.29, 0.717) is 25.5 Å². The lowest BCUT2D eigenvalue weighted by molar-refractivity contribution is 0.123. The summed E-state index contributed by atoms with van der Waals surface area (Å²) in [5.41, 5.74) is 2.95. The molecular weight excluding hydrogens is 318 g/mol. The normalized spacial score (nSPS) is 16.3. The van der Waals surface area contributed by atoms with Crippen molar-refractivity contribution in [2.24, 2.45) is 0 Å². The molecule has 2 heterocycles. The molecule has 7 heteroatoms. The zero-order valence-corrected chi connectivity index (χ0v) is 13.5. The van der Waals surface area contributed by atoms with Gasteiger partial charge in [0.25, 0.3) is 0 Å². The molecule has 3 rings (SSSR count). The predicted octanol–water partition coefficient (Wildman–Crippen LogP) is 2.19. The van der Waals surface area contributed by atoms with Crippen LogP contribution in [0.15, 0.2) is 35.2 Å². The van der Waals surface area contributed by atoms with Gasteiger partial charge in [-0.3, -0.25) is 0 Å². The van der Waals surface area contributed by atoms with Gasteiger partial charge >= 0.3 is 0 Å². The lowest BCUT2D eigenvalue weighted by Gasteiger charge is -2.31. The van der Waals surface area contributed by atoms with Gasteiger partial charge < -0.3 is 24.5 Å². The minimum Gasteiger partial charge on any atom is -0.444 e. The summed E-state index contributed by atoms with van der Waals surface area (Å²) in [5.74, 6) is 0.904. The first-order chi connectivity index (χ1) is 11.3. The van der Waals surface area contributed by atoms with E-state index in [1.165, 1.54) is 6.39 Å². The largest absolute Gasteiger partial charge is 0.444 e. The molecule has 0 aliphatic carbocycles. The zero-order valence-electron chi connectivity index (χ0n) is 12.7. The molecule has 0 amide bonds. The third-order valence-electron chi connectivity index (χ3n) is 3.77. The number of aromatic nitrogens is 1. The number of rotatable bonds is 6. The van der Waals surface area contributed by atoms with Crippen LogP contribution in [0.2, 0.25) is 0 Å². The van der Waals surface area contributed by atoms with E-state index >= 15 is 0 Å². The number of anilines is 2. The highest BCUT2D eigenvalue weighted by Gasteiger charge is 2.16. The molecule has 1 aromatic heterocycles. The van der Waals surface area contributed by atoms with Gasteiger partial charge in [0.2, 0.25) is 0 Å². The number of ether oxygens (including phenoxy) is 1. The standard InChI is InChI=1S/C16H20ClN3O3/c17-8-13(21)9-19-14-7-12(16-10-18-11-23-16)1-2-15(14)20-3-5-22-6-4-20/h1-2,7,10-11,13,19,21H,3-6,8-9H2. The Morgan fingerprint density at radius 2 is 2.17 bits per heavy atom. The van der Waals surface area contributed by atoms with Gasteiger partial charge in [0.05, 0.1) is 42.8 Å². The molecule has 0 spiro atoms. The summed E-state index contributed by atoms with van der Waals surface area (Å²) < 4.78 is 10.8. The van der Waals surface area contributed by atoms with E-state index in [4.69, 9.17) is 20.8 Å². The van der Waals surface area contributed by atoms with Gasteiger partial charge in [0.15, 0.2) is 12.2 Å². The fourth-order valence-corrected chi connectivity index (χ4v) is 2.66. The fraction of sp³-hybridized carbons (Fsp3) is 0.438. The topological polar surface area (TPSA) is 70.8 Å². The molecule has 1 aliphatic rings. The van der Waals surface area contributed by atoms with E-state index in [-0.39, 0.29) is 5.88 Å². The first-order valence-electron chi connectivity index (χ1n) is 7.61. The number of nitrogens with zero attached hydrogens (tertiary/aromatic N) is 2. The number of aliphatic hydroxyl groups is 1. The minimum atomic E-state index is -0.594. The summed E-state index contributed by atoms with van der Waals surface area (Å²) in [7, 11) is 0. The summed E-state index contributed by atoms with van der Waals surface area (Å²) in [4.78, 5) is 6.22. The van der Waals surface area contributed by atoms with Crippen molar-refractivity contribution < 1.29 is 14.3 Å². The molecule has 0 saturated carbocycles. The predicted molar refractivity (Wildman–Crippen MR) is 90.2 cm³/mol. The maximum Gasteiger partial charge on any atom is 0.181 e. The molecule has 0 bridgehead atoms. The summed E-state index contributed by atoms with van der Waals surface area (Å²) in [6.45, 7) is 3.50. The Bertz CT molecular complexity index is 615. The van der Waals surface area contributed by atoms with Crippen molar-refractivity contribution in [3.8, 4) is 11.3 Å². The quantitative estimate of drug-likeness (QED) is 0.787. The number of halogens is 1. The summed E-state index contributed by atoms with van der Waals surface area (Å²) in [5, 5.41) is 13.0. The highest BCUT2D eigenvalue weighted by atomic mass is 35.5. The third-order valence-corrected chi connectivity index (χ3v) is 4.13. The highest BCUT2D eigenvalue weighted by molar-refractivity contribution is 6.18. The number of morpholine rings is 1. The van der Waals surface area contributed by atoms with E-state index in [1.54, 1.807) is 6.20 Å². The number of benzene rings is 1. The van der Waals surface area contributed by atoms with E-state index in [1.807, 2.05) is 12.1 Å². The Morgan fingerprint density at radius 1 is 1.35 bits per heavy atom. The minimum absolute atomic E-state index is 0.196. The van der Waals surface area contributed by atoms with Crippen LogP contribution in [-0.2, 0) is 4.74 Å². The van der Waals surface area contributed by atoms with Crippen molar-refractivity contribution in [2.45, 2.75) is 6.10 Å². The number of hydrogen-bond donors (Lipinski definition) is 2.